The molecule has 0 unspecified atom stereocenters. The molecule has 3 aromatic rings. The molecule has 2 heterocycles. The molecular weight excluding hydrogens is 349 g/mol. The second-order valence-corrected chi connectivity index (χ2v) is 5.72. The molecule has 3 rings (SSSR count). The lowest BCUT2D eigenvalue weighted by Gasteiger charge is -2.10. The Kier molecular flexibility index (Phi) is 4.58. The van der Waals surface area contributed by atoms with Crippen LogP contribution in [0.4, 0.5) is 13.2 Å². The fourth-order valence-electron chi connectivity index (χ4n) is 2.83. The Morgan fingerprint density at radius 1 is 1.15 bits per heavy atom. The molecule has 26 heavy (non-hydrogen) atoms. The van der Waals surface area contributed by atoms with Crippen molar-refractivity contribution in [2.75, 3.05) is 7.11 Å². The van der Waals surface area contributed by atoms with Crippen LogP contribution in [0.5, 0.6) is 5.75 Å². The predicted octanol–water partition coefficient (Wildman–Crippen LogP) is 2.92. The van der Waals surface area contributed by atoms with E-state index >= 15 is 0 Å². The second-order valence-electron chi connectivity index (χ2n) is 5.72. The quantitative estimate of drug-likeness (QED) is 0.654. The molecule has 136 valence electrons. The molecule has 0 N–H and O–H groups in total. The van der Waals surface area contributed by atoms with Crippen molar-refractivity contribution >= 4 is 11.8 Å². The van der Waals surface area contributed by atoms with E-state index < -0.39 is 22.8 Å². The Bertz CT molecular complexity index is 1000. The van der Waals surface area contributed by atoms with Gasteiger partial charge in [0.05, 0.1) is 19.2 Å². The molecule has 0 radical (unpaired) electrons. The molecule has 0 amide bonds. The average molecular weight is 364 g/mol. The van der Waals surface area contributed by atoms with Gasteiger partial charge in [-0.15, -0.1) is 0 Å². The van der Waals surface area contributed by atoms with Crippen molar-refractivity contribution in [1.29, 1.82) is 0 Å². The maximum absolute atomic E-state index is 13.3. The molecule has 0 saturated carbocycles. The van der Waals surface area contributed by atoms with E-state index in [-0.39, 0.29) is 18.7 Å². The Labute approximate surface area is 146 Å². The number of aromatic nitrogens is 2. The van der Waals surface area contributed by atoms with Gasteiger partial charge in [-0.3, -0.25) is 4.79 Å². The highest BCUT2D eigenvalue weighted by atomic mass is 19.4. The lowest BCUT2D eigenvalue weighted by molar-refractivity contribution is -0.136. The van der Waals surface area contributed by atoms with E-state index in [1.165, 1.54) is 24.1 Å². The third-order valence-corrected chi connectivity index (χ3v) is 4.09. The van der Waals surface area contributed by atoms with E-state index in [9.17, 15) is 22.8 Å². The van der Waals surface area contributed by atoms with Crippen molar-refractivity contribution in [2.45, 2.75) is 19.1 Å². The van der Waals surface area contributed by atoms with Crippen LogP contribution in [0.3, 0.4) is 0 Å². The van der Waals surface area contributed by atoms with Crippen LogP contribution in [0.2, 0.25) is 0 Å². The van der Waals surface area contributed by atoms with Gasteiger partial charge in [-0.2, -0.15) is 13.2 Å². The number of alkyl halides is 3. The van der Waals surface area contributed by atoms with Gasteiger partial charge in [-0.25, -0.2) is 0 Å². The molecule has 0 fully saturated rings. The monoisotopic (exact) mass is 364 g/mol. The molecule has 0 bridgehead atoms. The summed E-state index contributed by atoms with van der Waals surface area (Å²) >= 11 is 0. The first-order valence-electron chi connectivity index (χ1n) is 7.72. The second kappa shape index (κ2) is 6.70. The van der Waals surface area contributed by atoms with Gasteiger partial charge in [-0.05, 0) is 23.8 Å². The zero-order chi connectivity index (χ0) is 18.9. The lowest BCUT2D eigenvalue weighted by Crippen LogP contribution is -2.24. The molecule has 5 nitrogen and oxygen atoms in total. The number of rotatable bonds is 5. The van der Waals surface area contributed by atoms with Crippen molar-refractivity contribution in [1.82, 2.24) is 8.97 Å². The number of benzene rings is 1. The number of aldehydes is 1. The zero-order valence-corrected chi connectivity index (χ0v) is 13.8. The summed E-state index contributed by atoms with van der Waals surface area (Å²) in [6.45, 7) is 0.116. The van der Waals surface area contributed by atoms with Crippen LogP contribution < -0.4 is 10.3 Å². The van der Waals surface area contributed by atoms with E-state index in [0.717, 1.165) is 16.0 Å². The van der Waals surface area contributed by atoms with Crippen molar-refractivity contribution in [3.63, 3.8) is 0 Å². The topological polar surface area (TPSA) is 52.7 Å². The summed E-state index contributed by atoms with van der Waals surface area (Å²) < 4.78 is 47.4. The van der Waals surface area contributed by atoms with Crippen molar-refractivity contribution in [3.05, 3.63) is 69.9 Å². The van der Waals surface area contributed by atoms with Gasteiger partial charge in [0.25, 0.3) is 5.56 Å². The highest BCUT2D eigenvalue weighted by Crippen LogP contribution is 2.33. The number of hydrogen-bond acceptors (Lipinski definition) is 3. The van der Waals surface area contributed by atoms with Crippen LogP contribution in [-0.4, -0.2) is 22.4 Å². The minimum Gasteiger partial charge on any atom is -0.497 e. The molecule has 0 atom stereocenters. The van der Waals surface area contributed by atoms with E-state index in [1.807, 2.05) is 0 Å². The number of carbonyl (C=O) groups excluding carboxylic acids is 1. The first-order valence-corrected chi connectivity index (χ1v) is 7.72. The molecule has 0 aliphatic rings. The van der Waals surface area contributed by atoms with Crippen LogP contribution in [0.25, 0.3) is 5.52 Å². The van der Waals surface area contributed by atoms with Crippen LogP contribution >= 0.6 is 0 Å². The van der Waals surface area contributed by atoms with Gasteiger partial charge >= 0.3 is 6.18 Å². The fraction of sp³-hybridized carbons (Fsp3) is 0.222. The van der Waals surface area contributed by atoms with Crippen LogP contribution in [-0.2, 0) is 23.9 Å². The summed E-state index contributed by atoms with van der Waals surface area (Å²) in [5.41, 5.74) is -1.43. The van der Waals surface area contributed by atoms with Crippen LogP contribution in [0.1, 0.15) is 16.8 Å². The van der Waals surface area contributed by atoms with Crippen LogP contribution in [0.15, 0.2) is 47.5 Å². The largest absolute Gasteiger partial charge is 0.497 e. The summed E-state index contributed by atoms with van der Waals surface area (Å²) in [6.07, 6.45) is -1.61. The first kappa shape index (κ1) is 17.8. The third-order valence-electron chi connectivity index (χ3n) is 4.09. The molecule has 0 aliphatic heterocycles. The summed E-state index contributed by atoms with van der Waals surface area (Å²) in [5.74, 6) is 0.640. The number of ether oxygens (including phenoxy) is 1. The average Bonchev–Trinajstić information content (AvgIpc) is 2.98. The smallest absolute Gasteiger partial charge is 0.418 e. The molecule has 1 aromatic carbocycles. The van der Waals surface area contributed by atoms with Gasteiger partial charge < -0.3 is 18.5 Å². The van der Waals surface area contributed by atoms with E-state index in [2.05, 4.69) is 0 Å². The lowest BCUT2D eigenvalue weighted by atomic mass is 10.2. The zero-order valence-electron chi connectivity index (χ0n) is 13.8. The first-order chi connectivity index (χ1) is 12.3. The van der Waals surface area contributed by atoms with Crippen molar-refractivity contribution in [2.24, 2.45) is 0 Å². The molecule has 2 aromatic heterocycles. The minimum atomic E-state index is -4.69. The molecule has 0 spiro atoms. The van der Waals surface area contributed by atoms with Crippen LogP contribution in [0, 0.1) is 0 Å². The van der Waals surface area contributed by atoms with E-state index in [1.54, 1.807) is 24.3 Å². The van der Waals surface area contributed by atoms with E-state index in [0.29, 0.717) is 12.0 Å². The maximum atomic E-state index is 13.3. The minimum absolute atomic E-state index is 0.116. The molecule has 0 saturated heterocycles. The normalized spacial score (nSPS) is 11.7. The van der Waals surface area contributed by atoms with Gasteiger partial charge in [0.2, 0.25) is 0 Å². The summed E-state index contributed by atoms with van der Waals surface area (Å²) in [6, 6.07) is 7.73. The Hall–Kier alpha value is -3.03. The number of carbonyl (C=O) groups is 1. The van der Waals surface area contributed by atoms with Gasteiger partial charge in [-0.1, -0.05) is 12.1 Å². The Morgan fingerprint density at radius 3 is 2.42 bits per heavy atom. The Balaban J connectivity index is 2.11. The number of fused-ring (bicyclic) bond motifs is 1. The van der Waals surface area contributed by atoms with Gasteiger partial charge in [0, 0.05) is 24.5 Å². The Morgan fingerprint density at radius 2 is 1.85 bits per heavy atom. The highest BCUT2D eigenvalue weighted by Gasteiger charge is 2.36. The molecule has 8 heteroatoms. The standard InChI is InChI=1S/C18H15F3N2O3/c1-26-14-4-2-12(3-5-14)11-22-7-8-23-13(6-9-24)10-15(18(19,20)21)16(23)17(22)25/h2-5,7-10H,6,11H2,1H3. The van der Waals surface area contributed by atoms with E-state index in [4.69, 9.17) is 4.74 Å². The third kappa shape index (κ3) is 3.22. The highest BCUT2D eigenvalue weighted by molar-refractivity contribution is 5.62. The number of halogens is 3. The van der Waals surface area contributed by atoms with Crippen molar-refractivity contribution in [3.8, 4) is 5.75 Å². The number of nitrogens with zero attached hydrogens (tertiary/aromatic N) is 2. The summed E-state index contributed by atoms with van der Waals surface area (Å²) in [5, 5.41) is 0. The maximum Gasteiger partial charge on any atom is 0.418 e. The van der Waals surface area contributed by atoms with Gasteiger partial charge in [0.15, 0.2) is 0 Å². The molecular formula is C18H15F3N2O3. The number of hydrogen-bond donors (Lipinski definition) is 0. The summed E-state index contributed by atoms with van der Waals surface area (Å²) in [7, 11) is 1.52. The molecule has 0 aliphatic carbocycles. The predicted molar refractivity (Wildman–Crippen MR) is 88.5 cm³/mol. The SMILES string of the molecule is COc1ccc(Cn2ccn3c(CC=O)cc(C(F)(F)F)c3c2=O)cc1. The fourth-order valence-corrected chi connectivity index (χ4v) is 2.83. The van der Waals surface area contributed by atoms with Gasteiger partial charge in [0.1, 0.15) is 17.6 Å². The summed E-state index contributed by atoms with van der Waals surface area (Å²) in [4.78, 5) is 23.4. The van der Waals surface area contributed by atoms with Crippen molar-refractivity contribution < 1.29 is 22.7 Å². The number of methoxy groups -OCH3 is 1.